The summed E-state index contributed by atoms with van der Waals surface area (Å²) in [6.07, 6.45) is 0.895. The third-order valence-corrected chi connectivity index (χ3v) is 2.82. The molecule has 0 spiro atoms. The first kappa shape index (κ1) is 13.0. The number of esters is 1. The van der Waals surface area contributed by atoms with Crippen molar-refractivity contribution in [3.05, 3.63) is 52.1 Å². The molecule has 0 saturated heterocycles. The lowest BCUT2D eigenvalue weighted by Gasteiger charge is -2.05. The molecular weight excluding hydrogens is 280 g/mol. The Bertz CT molecular complexity index is 747. The lowest BCUT2D eigenvalue weighted by molar-refractivity contribution is 0.0442. The minimum Gasteiger partial charge on any atom is -0.502 e. The van der Waals surface area contributed by atoms with E-state index in [1.165, 1.54) is 6.07 Å². The molecule has 0 atom stereocenters. The van der Waals surface area contributed by atoms with Crippen LogP contribution in [0.25, 0.3) is 0 Å². The van der Waals surface area contributed by atoms with Crippen LogP contribution in [-0.4, -0.2) is 17.9 Å². The molecule has 0 fully saturated rings. The summed E-state index contributed by atoms with van der Waals surface area (Å²) in [4.78, 5) is 23.1. The average Bonchev–Trinajstić information content (AvgIpc) is 2.95. The van der Waals surface area contributed by atoms with Crippen LogP contribution in [0.1, 0.15) is 16.1 Å². The van der Waals surface area contributed by atoms with Crippen molar-refractivity contribution in [2.75, 3.05) is 6.79 Å². The summed E-state index contributed by atoms with van der Waals surface area (Å²) in [5.74, 6) is 0.0773. The number of hydrogen-bond donors (Lipinski definition) is 1. The third kappa shape index (κ3) is 2.66. The van der Waals surface area contributed by atoms with Gasteiger partial charge in [0.1, 0.15) is 18.6 Å². The second-order valence-electron chi connectivity index (χ2n) is 4.24. The maximum Gasteiger partial charge on any atom is 0.338 e. The smallest absolute Gasteiger partial charge is 0.338 e. The SMILES string of the molecule is O=C(OCc1cc(=O)c(O)co1)c1ccc2c(c1)OCO2. The average molecular weight is 290 g/mol. The molecule has 1 aromatic carbocycles. The molecule has 7 heteroatoms. The fourth-order valence-corrected chi connectivity index (χ4v) is 1.76. The van der Waals surface area contributed by atoms with Gasteiger partial charge in [0.2, 0.25) is 12.2 Å². The van der Waals surface area contributed by atoms with Crippen LogP contribution in [0, 0.1) is 0 Å². The lowest BCUT2D eigenvalue weighted by Crippen LogP contribution is -2.07. The molecule has 0 unspecified atom stereocenters. The summed E-state index contributed by atoms with van der Waals surface area (Å²) >= 11 is 0. The van der Waals surface area contributed by atoms with E-state index in [9.17, 15) is 9.59 Å². The van der Waals surface area contributed by atoms with Crippen molar-refractivity contribution < 1.29 is 28.5 Å². The molecule has 3 rings (SSSR count). The van der Waals surface area contributed by atoms with Crippen LogP contribution < -0.4 is 14.9 Å². The molecule has 1 N–H and O–H groups in total. The van der Waals surface area contributed by atoms with Crippen molar-refractivity contribution in [3.8, 4) is 17.2 Å². The Morgan fingerprint density at radius 2 is 2.05 bits per heavy atom. The molecule has 0 radical (unpaired) electrons. The van der Waals surface area contributed by atoms with Crippen molar-refractivity contribution >= 4 is 5.97 Å². The van der Waals surface area contributed by atoms with Gasteiger partial charge in [-0.3, -0.25) is 4.79 Å². The second kappa shape index (κ2) is 5.20. The van der Waals surface area contributed by atoms with Crippen molar-refractivity contribution in [2.45, 2.75) is 6.61 Å². The van der Waals surface area contributed by atoms with E-state index in [-0.39, 0.29) is 19.2 Å². The standard InChI is InChI=1S/C14H10O7/c15-10-4-9(18-6-11(10)16)5-19-14(17)8-1-2-12-13(3-8)21-7-20-12/h1-4,6,16H,5,7H2. The highest BCUT2D eigenvalue weighted by Gasteiger charge is 2.17. The van der Waals surface area contributed by atoms with E-state index >= 15 is 0 Å². The van der Waals surface area contributed by atoms with Crippen molar-refractivity contribution in [3.63, 3.8) is 0 Å². The Labute approximate surface area is 118 Å². The van der Waals surface area contributed by atoms with Gasteiger partial charge < -0.3 is 23.7 Å². The van der Waals surface area contributed by atoms with Crippen LogP contribution in [0.4, 0.5) is 0 Å². The van der Waals surface area contributed by atoms with Gasteiger partial charge in [-0.1, -0.05) is 0 Å². The summed E-state index contributed by atoms with van der Waals surface area (Å²) in [6, 6.07) is 5.72. The fourth-order valence-electron chi connectivity index (χ4n) is 1.76. The predicted octanol–water partition coefficient (Wildman–Crippen LogP) is 1.43. The number of fused-ring (bicyclic) bond motifs is 1. The molecule has 0 aliphatic carbocycles. The lowest BCUT2D eigenvalue weighted by atomic mass is 10.2. The molecule has 0 bridgehead atoms. The number of ether oxygens (including phenoxy) is 3. The van der Waals surface area contributed by atoms with E-state index in [4.69, 9.17) is 23.7 Å². The fraction of sp³-hybridized carbons (Fsp3) is 0.143. The van der Waals surface area contributed by atoms with Crippen molar-refractivity contribution in [1.82, 2.24) is 0 Å². The van der Waals surface area contributed by atoms with Crippen LogP contribution in [0.5, 0.6) is 17.2 Å². The Morgan fingerprint density at radius 3 is 2.86 bits per heavy atom. The van der Waals surface area contributed by atoms with Gasteiger partial charge in [0, 0.05) is 6.07 Å². The molecule has 1 aliphatic heterocycles. The maximum absolute atomic E-state index is 11.9. The number of hydrogen-bond acceptors (Lipinski definition) is 7. The Kier molecular flexibility index (Phi) is 3.23. The van der Waals surface area contributed by atoms with E-state index in [0.717, 1.165) is 12.3 Å². The van der Waals surface area contributed by atoms with Gasteiger partial charge in [0.25, 0.3) is 0 Å². The van der Waals surface area contributed by atoms with E-state index < -0.39 is 17.1 Å². The van der Waals surface area contributed by atoms with Gasteiger partial charge in [0.15, 0.2) is 17.2 Å². The molecule has 108 valence electrons. The zero-order chi connectivity index (χ0) is 14.8. The number of rotatable bonds is 3. The molecule has 1 aromatic heterocycles. The highest BCUT2D eigenvalue weighted by Crippen LogP contribution is 2.32. The van der Waals surface area contributed by atoms with Gasteiger partial charge in [-0.05, 0) is 18.2 Å². The minimum absolute atomic E-state index is 0.118. The van der Waals surface area contributed by atoms with Crippen LogP contribution in [0.15, 0.2) is 39.7 Å². The first-order valence-corrected chi connectivity index (χ1v) is 6.01. The monoisotopic (exact) mass is 290 g/mol. The van der Waals surface area contributed by atoms with E-state index in [0.29, 0.717) is 17.1 Å². The second-order valence-corrected chi connectivity index (χ2v) is 4.24. The molecule has 1 aliphatic rings. The minimum atomic E-state index is -0.602. The summed E-state index contributed by atoms with van der Waals surface area (Å²) in [5, 5.41) is 9.05. The van der Waals surface area contributed by atoms with Gasteiger partial charge >= 0.3 is 5.97 Å². The Hall–Kier alpha value is -2.96. The predicted molar refractivity (Wildman–Crippen MR) is 68.3 cm³/mol. The van der Waals surface area contributed by atoms with Gasteiger partial charge in [-0.25, -0.2) is 4.79 Å². The van der Waals surface area contributed by atoms with Gasteiger partial charge in [-0.2, -0.15) is 0 Å². The molecule has 0 saturated carbocycles. The van der Waals surface area contributed by atoms with Crippen molar-refractivity contribution in [2.24, 2.45) is 0 Å². The zero-order valence-electron chi connectivity index (χ0n) is 10.7. The normalized spacial score (nSPS) is 12.2. The molecule has 0 amide bonds. The van der Waals surface area contributed by atoms with Crippen LogP contribution in [-0.2, 0) is 11.3 Å². The highest BCUT2D eigenvalue weighted by atomic mass is 16.7. The first-order valence-electron chi connectivity index (χ1n) is 6.01. The quantitative estimate of drug-likeness (QED) is 0.854. The molecule has 21 heavy (non-hydrogen) atoms. The summed E-state index contributed by atoms with van der Waals surface area (Å²) in [6.45, 7) is -0.102. The molecule has 7 nitrogen and oxygen atoms in total. The summed E-state index contributed by atoms with van der Waals surface area (Å²) in [5.41, 5.74) is -0.309. The van der Waals surface area contributed by atoms with E-state index in [1.54, 1.807) is 12.1 Å². The number of carbonyl (C=O) groups is 1. The molecule has 2 aromatic rings. The Balaban J connectivity index is 1.69. The molecular formula is C14H10O7. The van der Waals surface area contributed by atoms with Gasteiger partial charge in [0.05, 0.1) is 5.56 Å². The number of aromatic hydroxyl groups is 1. The first-order chi connectivity index (χ1) is 10.1. The van der Waals surface area contributed by atoms with Crippen molar-refractivity contribution in [1.29, 1.82) is 0 Å². The topological polar surface area (TPSA) is 95.2 Å². The largest absolute Gasteiger partial charge is 0.502 e. The van der Waals surface area contributed by atoms with Gasteiger partial charge in [-0.15, -0.1) is 0 Å². The number of carbonyl (C=O) groups excluding carboxylic acids is 1. The van der Waals surface area contributed by atoms with E-state index in [1.807, 2.05) is 0 Å². The third-order valence-electron chi connectivity index (χ3n) is 2.82. The van der Waals surface area contributed by atoms with Crippen LogP contribution in [0.3, 0.4) is 0 Å². The van der Waals surface area contributed by atoms with E-state index in [2.05, 4.69) is 0 Å². The zero-order valence-corrected chi connectivity index (χ0v) is 10.7. The number of benzene rings is 1. The Morgan fingerprint density at radius 1 is 1.24 bits per heavy atom. The maximum atomic E-state index is 11.9. The summed E-state index contributed by atoms with van der Waals surface area (Å²) < 4.78 is 20.2. The van der Waals surface area contributed by atoms with Crippen LogP contribution >= 0.6 is 0 Å². The molecule has 2 heterocycles. The van der Waals surface area contributed by atoms with Crippen LogP contribution in [0.2, 0.25) is 0 Å². The highest BCUT2D eigenvalue weighted by molar-refractivity contribution is 5.90. The summed E-state index contributed by atoms with van der Waals surface area (Å²) in [7, 11) is 0.